The van der Waals surface area contributed by atoms with Crippen molar-refractivity contribution >= 4 is 5.91 Å². The zero-order valence-electron chi connectivity index (χ0n) is 20.8. The summed E-state index contributed by atoms with van der Waals surface area (Å²) in [5, 5.41) is 23.2. The van der Waals surface area contributed by atoms with Gasteiger partial charge in [0.1, 0.15) is 11.9 Å². The summed E-state index contributed by atoms with van der Waals surface area (Å²) in [5.41, 5.74) is -2.21. The van der Waals surface area contributed by atoms with Gasteiger partial charge in [0.2, 0.25) is 0 Å². The number of halogens is 6. The number of nitrogens with zero attached hydrogens (tertiary/aromatic N) is 3. The van der Waals surface area contributed by atoms with Crippen molar-refractivity contribution in [3.05, 3.63) is 41.0 Å². The van der Waals surface area contributed by atoms with Gasteiger partial charge in [-0.25, -0.2) is 4.98 Å². The minimum Gasteiger partial charge on any atom is -0.404 e. The van der Waals surface area contributed by atoms with Crippen LogP contribution in [-0.4, -0.2) is 45.2 Å². The number of aromatic nitrogens is 2. The lowest BCUT2D eigenvalue weighted by atomic mass is 9.79. The number of nitriles is 1. The van der Waals surface area contributed by atoms with Crippen molar-refractivity contribution in [2.75, 3.05) is 6.54 Å². The molecule has 0 saturated heterocycles. The Bertz CT molecular complexity index is 1190. The summed E-state index contributed by atoms with van der Waals surface area (Å²) >= 11 is 0. The summed E-state index contributed by atoms with van der Waals surface area (Å²) in [6.45, 7) is 3.58. The molecule has 0 radical (unpaired) electrons. The smallest absolute Gasteiger partial charge is 0.404 e. The third-order valence-electron chi connectivity index (χ3n) is 6.56. The van der Waals surface area contributed by atoms with Gasteiger partial charge in [0.15, 0.2) is 17.1 Å². The van der Waals surface area contributed by atoms with Gasteiger partial charge in [-0.3, -0.25) is 9.36 Å². The van der Waals surface area contributed by atoms with Crippen LogP contribution < -0.4 is 10.1 Å². The first kappa shape index (κ1) is 29.3. The van der Waals surface area contributed by atoms with Crippen LogP contribution in [0.15, 0.2) is 18.2 Å². The molecule has 2 N–H and O–H groups in total. The van der Waals surface area contributed by atoms with E-state index in [0.717, 1.165) is 29.5 Å². The van der Waals surface area contributed by atoms with E-state index in [9.17, 15) is 41.5 Å². The highest BCUT2D eigenvalue weighted by molar-refractivity contribution is 5.94. The second-order valence-electron chi connectivity index (χ2n) is 9.58. The van der Waals surface area contributed by atoms with Crippen LogP contribution in [-0.2, 0) is 12.8 Å². The molecule has 1 fully saturated rings. The quantitative estimate of drug-likeness (QED) is 0.434. The summed E-state index contributed by atoms with van der Waals surface area (Å²) in [5.74, 6) is -1.11. The molecule has 1 aromatic carbocycles. The lowest BCUT2D eigenvalue weighted by Gasteiger charge is -2.34. The number of nitrogens with one attached hydrogen (secondary N) is 1. The molecule has 1 aliphatic carbocycles. The average molecular weight is 547 g/mol. The fourth-order valence-electron chi connectivity index (χ4n) is 4.42. The van der Waals surface area contributed by atoms with Crippen molar-refractivity contribution in [1.82, 2.24) is 14.9 Å². The minimum absolute atomic E-state index is 0.0602. The molecule has 1 aliphatic rings. The van der Waals surface area contributed by atoms with Crippen molar-refractivity contribution in [3.63, 3.8) is 0 Å². The van der Waals surface area contributed by atoms with Crippen LogP contribution in [0.2, 0.25) is 0 Å². The first-order valence-electron chi connectivity index (χ1n) is 12.1. The second kappa shape index (κ2) is 11.2. The first-order valence-corrected chi connectivity index (χ1v) is 12.1. The molecule has 1 heterocycles. The molecule has 1 amide bonds. The molecule has 3 rings (SSSR count). The van der Waals surface area contributed by atoms with E-state index in [1.807, 2.05) is 0 Å². The van der Waals surface area contributed by atoms with Crippen molar-refractivity contribution in [2.45, 2.75) is 76.9 Å². The molecule has 2 aromatic rings. The maximum Gasteiger partial charge on any atom is 0.573 e. The summed E-state index contributed by atoms with van der Waals surface area (Å²) < 4.78 is 82.7. The van der Waals surface area contributed by atoms with E-state index in [0.29, 0.717) is 18.8 Å². The van der Waals surface area contributed by atoms with Crippen molar-refractivity contribution < 1.29 is 41.0 Å². The molecule has 208 valence electrons. The molecule has 0 aliphatic heterocycles. The molecular weight excluding hydrogens is 518 g/mol. The Morgan fingerprint density at radius 1 is 1.26 bits per heavy atom. The predicted molar refractivity (Wildman–Crippen MR) is 124 cm³/mol. The number of imidazole rings is 1. The van der Waals surface area contributed by atoms with Gasteiger partial charge in [-0.05, 0) is 55.7 Å². The molecule has 38 heavy (non-hydrogen) atoms. The number of carbonyl (C=O) groups is 1. The van der Waals surface area contributed by atoms with Crippen LogP contribution in [0.4, 0.5) is 26.3 Å². The maximum absolute atomic E-state index is 13.2. The molecule has 13 heteroatoms. The summed E-state index contributed by atoms with van der Waals surface area (Å²) in [6, 6.07) is 4.92. The van der Waals surface area contributed by atoms with Crippen LogP contribution in [0.5, 0.6) is 5.75 Å². The fraction of sp³-hybridized carbons (Fsp3) is 0.560. The highest BCUT2D eigenvalue weighted by atomic mass is 19.4. The zero-order chi connectivity index (χ0) is 28.3. The Hall–Kier alpha value is -3.27. The number of aryl methyl sites for hydroxylation is 2. The maximum atomic E-state index is 13.2. The molecule has 0 spiro atoms. The monoisotopic (exact) mass is 546 g/mol. The number of ether oxygens (including phenoxy) is 1. The van der Waals surface area contributed by atoms with Crippen molar-refractivity contribution in [2.24, 2.45) is 5.92 Å². The summed E-state index contributed by atoms with van der Waals surface area (Å²) in [7, 11) is 0. The zero-order valence-corrected chi connectivity index (χ0v) is 20.8. The second-order valence-corrected chi connectivity index (χ2v) is 9.58. The number of hydrogen-bond acceptors (Lipinski definition) is 5. The molecular formula is C25H28F6N4O3. The molecule has 0 bridgehead atoms. The van der Waals surface area contributed by atoms with Crippen LogP contribution in [0.3, 0.4) is 0 Å². The lowest BCUT2D eigenvalue weighted by molar-refractivity contribution is -0.274. The van der Waals surface area contributed by atoms with Crippen LogP contribution in [0.1, 0.15) is 73.5 Å². The number of rotatable bonds is 8. The predicted octanol–water partition coefficient (Wildman–Crippen LogP) is 5.37. The number of amides is 1. The normalized spacial score (nSPS) is 20.2. The van der Waals surface area contributed by atoms with E-state index in [1.165, 1.54) is 6.07 Å². The highest BCUT2D eigenvalue weighted by Gasteiger charge is 2.35. The Balaban J connectivity index is 1.98. The number of alkyl halides is 6. The van der Waals surface area contributed by atoms with Gasteiger partial charge < -0.3 is 15.2 Å². The Labute approximate surface area is 215 Å². The molecule has 7 nitrogen and oxygen atoms in total. The molecule has 1 aromatic heterocycles. The third-order valence-corrected chi connectivity index (χ3v) is 6.56. The number of hydrogen-bond donors (Lipinski definition) is 2. The first-order chi connectivity index (χ1) is 17.6. The summed E-state index contributed by atoms with van der Waals surface area (Å²) in [4.78, 5) is 17.1. The number of benzene rings is 1. The van der Waals surface area contributed by atoms with Crippen LogP contribution in [0, 0.1) is 17.2 Å². The van der Waals surface area contributed by atoms with Gasteiger partial charge in [0, 0.05) is 19.4 Å². The van der Waals surface area contributed by atoms with E-state index in [1.54, 1.807) is 13.0 Å². The van der Waals surface area contributed by atoms with Gasteiger partial charge in [-0.2, -0.15) is 18.4 Å². The lowest BCUT2D eigenvalue weighted by Crippen LogP contribution is -2.45. The van der Waals surface area contributed by atoms with Crippen LogP contribution in [0.25, 0.3) is 5.69 Å². The topological polar surface area (TPSA) is 100 Å². The van der Waals surface area contributed by atoms with E-state index in [4.69, 9.17) is 0 Å². The Morgan fingerprint density at radius 2 is 1.92 bits per heavy atom. The molecule has 0 atom stereocenters. The van der Waals surface area contributed by atoms with Gasteiger partial charge in [0.05, 0.1) is 11.3 Å². The standard InChI is InChI=1S/C25H28F6N4O3/c1-3-20-34-21(22(36)33-14-23(37)9-6-15(2)7-10-23)18(13-32)35(20)17-5-4-16(8-11-24(26,27)28)12-19(17)38-25(29,30)31/h4-5,12,15,37H,3,6-11,14H2,1-2H3,(H,33,36). The average Bonchev–Trinajstić information content (AvgIpc) is 3.20. The van der Waals surface area contributed by atoms with Gasteiger partial charge in [-0.15, -0.1) is 13.2 Å². The van der Waals surface area contributed by atoms with Gasteiger partial charge >= 0.3 is 12.5 Å². The fourth-order valence-corrected chi connectivity index (χ4v) is 4.42. The van der Waals surface area contributed by atoms with Crippen LogP contribution >= 0.6 is 0 Å². The van der Waals surface area contributed by atoms with E-state index in [2.05, 4.69) is 22.0 Å². The number of carbonyl (C=O) groups excluding carboxylic acids is 1. The Kier molecular flexibility index (Phi) is 8.65. The van der Waals surface area contributed by atoms with Crippen molar-refractivity contribution in [3.8, 4) is 17.5 Å². The van der Waals surface area contributed by atoms with E-state index < -0.39 is 42.6 Å². The third kappa shape index (κ3) is 7.40. The number of aliphatic hydroxyl groups is 1. The van der Waals surface area contributed by atoms with E-state index >= 15 is 0 Å². The minimum atomic E-state index is -5.18. The molecule has 0 unspecified atom stereocenters. The van der Waals surface area contributed by atoms with Gasteiger partial charge in [0.25, 0.3) is 5.91 Å². The van der Waals surface area contributed by atoms with Gasteiger partial charge in [-0.1, -0.05) is 19.9 Å². The van der Waals surface area contributed by atoms with Crippen molar-refractivity contribution in [1.29, 1.82) is 5.26 Å². The Morgan fingerprint density at radius 3 is 2.47 bits per heavy atom. The van der Waals surface area contributed by atoms with E-state index in [-0.39, 0.29) is 41.4 Å². The largest absolute Gasteiger partial charge is 0.573 e. The molecule has 1 saturated carbocycles. The SMILES string of the molecule is CCc1nc(C(=O)NCC2(O)CCC(C)CC2)c(C#N)n1-c1ccc(CCC(F)(F)F)cc1OC(F)(F)F. The summed E-state index contributed by atoms with van der Waals surface area (Å²) in [6.07, 6.45) is -8.89. The highest BCUT2D eigenvalue weighted by Crippen LogP contribution is 2.34.